The van der Waals surface area contributed by atoms with Crippen LogP contribution in [0.1, 0.15) is 33.7 Å². The van der Waals surface area contributed by atoms with E-state index in [-0.39, 0.29) is 11.6 Å². The molecular formula is C39H31BrN4O4S2. The van der Waals surface area contributed by atoms with Gasteiger partial charge in [0.15, 0.2) is 5.13 Å². The van der Waals surface area contributed by atoms with Gasteiger partial charge in [-0.25, -0.2) is 4.98 Å². The number of nitrogens with zero attached hydrogens (tertiary/aromatic N) is 1. The van der Waals surface area contributed by atoms with Gasteiger partial charge in [0.2, 0.25) is 5.91 Å². The lowest BCUT2D eigenvalue weighted by Crippen LogP contribution is -2.30. The lowest BCUT2D eigenvalue weighted by Gasteiger charge is -2.16. The minimum Gasteiger partial charge on any atom is -0.494 e. The second-order valence-corrected chi connectivity index (χ2v) is 14.0. The van der Waals surface area contributed by atoms with Crippen LogP contribution in [0.5, 0.6) is 5.75 Å². The van der Waals surface area contributed by atoms with Crippen molar-refractivity contribution in [1.82, 2.24) is 10.3 Å². The quantitative estimate of drug-likeness (QED) is 0.0847. The Kier molecular flexibility index (Phi) is 11.4. The van der Waals surface area contributed by atoms with E-state index in [0.29, 0.717) is 23.0 Å². The van der Waals surface area contributed by atoms with Crippen LogP contribution in [0, 0.1) is 0 Å². The Morgan fingerprint density at radius 2 is 1.60 bits per heavy atom. The lowest BCUT2D eigenvalue weighted by molar-refractivity contribution is -0.116. The Labute approximate surface area is 306 Å². The third-order valence-corrected chi connectivity index (χ3v) is 9.99. The molecule has 8 nitrogen and oxygen atoms in total. The number of hydrogen-bond donors (Lipinski definition) is 3. The third kappa shape index (κ3) is 9.06. The maximum Gasteiger partial charge on any atom is 0.272 e. The lowest BCUT2D eigenvalue weighted by atomic mass is 10.1. The molecule has 0 saturated carbocycles. The fourth-order valence-corrected chi connectivity index (χ4v) is 7.28. The summed E-state index contributed by atoms with van der Waals surface area (Å²) < 4.78 is 7.37. The fourth-order valence-electron chi connectivity index (χ4n) is 4.94. The number of hydrogen-bond acceptors (Lipinski definition) is 7. The molecule has 5 aromatic carbocycles. The summed E-state index contributed by atoms with van der Waals surface area (Å²) in [6, 6.07) is 38.6. The van der Waals surface area contributed by atoms with Crippen molar-refractivity contribution in [3.8, 4) is 5.75 Å². The van der Waals surface area contributed by atoms with Crippen molar-refractivity contribution in [1.29, 1.82) is 0 Å². The Morgan fingerprint density at radius 1 is 0.860 bits per heavy atom. The van der Waals surface area contributed by atoms with Crippen LogP contribution in [0.3, 0.4) is 0 Å². The molecule has 1 aromatic heterocycles. The second-order valence-electron chi connectivity index (χ2n) is 10.9. The first-order valence-corrected chi connectivity index (χ1v) is 18.1. The van der Waals surface area contributed by atoms with Crippen molar-refractivity contribution in [2.75, 3.05) is 17.2 Å². The van der Waals surface area contributed by atoms with E-state index in [4.69, 9.17) is 4.74 Å². The number of carbonyl (C=O) groups is 3. The van der Waals surface area contributed by atoms with E-state index < -0.39 is 17.1 Å². The molecule has 50 heavy (non-hydrogen) atoms. The van der Waals surface area contributed by atoms with E-state index in [1.807, 2.05) is 97.9 Å². The summed E-state index contributed by atoms with van der Waals surface area (Å²) >= 11 is 6.24. The first-order chi connectivity index (χ1) is 24.3. The van der Waals surface area contributed by atoms with Crippen molar-refractivity contribution in [3.63, 3.8) is 0 Å². The van der Waals surface area contributed by atoms with Crippen LogP contribution in [-0.2, 0) is 9.59 Å². The minimum absolute atomic E-state index is 0.0835. The van der Waals surface area contributed by atoms with Gasteiger partial charge in [-0.05, 0) is 90.9 Å². The number of ether oxygens (including phenoxy) is 1. The Balaban J connectivity index is 1.18. The third-order valence-electron chi connectivity index (χ3n) is 7.30. The molecule has 0 bridgehead atoms. The van der Waals surface area contributed by atoms with Gasteiger partial charge in [-0.15, -0.1) is 11.8 Å². The number of carbonyl (C=O) groups excluding carboxylic acids is 3. The molecule has 6 aromatic rings. The zero-order chi connectivity index (χ0) is 34.9. The molecule has 3 N–H and O–H groups in total. The fraction of sp³-hybridized carbons (Fsp3) is 0.0769. The molecule has 3 amide bonds. The highest BCUT2D eigenvalue weighted by Gasteiger charge is 2.24. The van der Waals surface area contributed by atoms with Gasteiger partial charge in [-0.2, -0.15) is 0 Å². The van der Waals surface area contributed by atoms with Crippen molar-refractivity contribution in [2.24, 2.45) is 0 Å². The molecule has 250 valence electrons. The molecule has 1 unspecified atom stereocenters. The van der Waals surface area contributed by atoms with Crippen LogP contribution < -0.4 is 20.7 Å². The van der Waals surface area contributed by atoms with Gasteiger partial charge in [0, 0.05) is 20.6 Å². The standard InChI is InChI=1S/C39H31BrN4O4S2/c1-2-48-30-18-21-32-34(24-30)50-39(43-32)44-38(47)35(26-11-5-3-6-12-26)49-31-19-16-29(17-20-31)41-37(46)33(23-25-10-9-15-28(40)22-25)42-36(45)27-13-7-4-8-14-27/h3-24,35H,2H2,1H3,(H,41,46)(H,42,45)(H,43,44,47)/b33-23-. The van der Waals surface area contributed by atoms with Crippen LogP contribution in [0.2, 0.25) is 0 Å². The second kappa shape index (κ2) is 16.4. The molecule has 0 saturated heterocycles. The molecule has 0 aliphatic rings. The summed E-state index contributed by atoms with van der Waals surface area (Å²) in [6.45, 7) is 2.50. The Morgan fingerprint density at radius 3 is 2.32 bits per heavy atom. The van der Waals surface area contributed by atoms with Crippen LogP contribution in [0.25, 0.3) is 16.3 Å². The van der Waals surface area contributed by atoms with Gasteiger partial charge in [0.1, 0.15) is 16.7 Å². The van der Waals surface area contributed by atoms with Gasteiger partial charge >= 0.3 is 0 Å². The summed E-state index contributed by atoms with van der Waals surface area (Å²) in [5.74, 6) is -0.341. The number of anilines is 2. The molecule has 0 radical (unpaired) electrons. The highest BCUT2D eigenvalue weighted by atomic mass is 79.9. The molecule has 6 rings (SSSR count). The zero-order valence-corrected chi connectivity index (χ0v) is 30.0. The van der Waals surface area contributed by atoms with E-state index in [9.17, 15) is 14.4 Å². The summed E-state index contributed by atoms with van der Waals surface area (Å²) in [6.07, 6.45) is 1.62. The smallest absolute Gasteiger partial charge is 0.272 e. The van der Waals surface area contributed by atoms with Crippen LogP contribution in [-0.4, -0.2) is 29.3 Å². The molecular weight excluding hydrogens is 732 g/mol. The molecule has 11 heteroatoms. The number of thiazole rings is 1. The number of fused-ring (bicyclic) bond motifs is 1. The zero-order valence-electron chi connectivity index (χ0n) is 26.8. The maximum absolute atomic E-state index is 13.7. The van der Waals surface area contributed by atoms with Crippen molar-refractivity contribution in [3.05, 3.63) is 154 Å². The normalized spacial score (nSPS) is 11.8. The minimum atomic E-state index is -0.574. The number of benzene rings is 5. The van der Waals surface area contributed by atoms with Gasteiger partial charge < -0.3 is 20.7 Å². The van der Waals surface area contributed by atoms with E-state index in [0.717, 1.165) is 36.5 Å². The van der Waals surface area contributed by atoms with E-state index >= 15 is 0 Å². The number of aromatic nitrogens is 1. The first kappa shape index (κ1) is 34.6. The predicted octanol–water partition coefficient (Wildman–Crippen LogP) is 9.34. The highest BCUT2D eigenvalue weighted by Crippen LogP contribution is 2.38. The number of nitrogens with one attached hydrogen (secondary N) is 3. The largest absolute Gasteiger partial charge is 0.494 e. The van der Waals surface area contributed by atoms with Gasteiger partial charge in [-0.1, -0.05) is 87.9 Å². The molecule has 1 heterocycles. The van der Waals surface area contributed by atoms with E-state index in [1.54, 1.807) is 42.5 Å². The average Bonchev–Trinajstić information content (AvgIpc) is 3.53. The molecule has 1 atom stereocenters. The summed E-state index contributed by atoms with van der Waals surface area (Å²) in [7, 11) is 0. The van der Waals surface area contributed by atoms with Gasteiger partial charge in [0.25, 0.3) is 11.8 Å². The summed E-state index contributed by atoms with van der Waals surface area (Å²) in [5, 5.41) is 8.59. The number of rotatable bonds is 12. The SMILES string of the molecule is CCOc1ccc2nc(NC(=O)C(Sc3ccc(NC(=O)/C(=C/c4cccc(Br)c4)NC(=O)c4ccccc4)cc3)c3ccccc3)sc2c1. The molecule has 0 fully saturated rings. The number of halogens is 1. The monoisotopic (exact) mass is 762 g/mol. The topological polar surface area (TPSA) is 109 Å². The Hall–Kier alpha value is -5.23. The van der Waals surface area contributed by atoms with Crippen molar-refractivity contribution >= 4 is 83.9 Å². The summed E-state index contributed by atoms with van der Waals surface area (Å²) in [5.41, 5.74) is 3.39. The van der Waals surface area contributed by atoms with Gasteiger partial charge in [0.05, 0.1) is 16.8 Å². The van der Waals surface area contributed by atoms with Crippen LogP contribution in [0.15, 0.2) is 142 Å². The average molecular weight is 764 g/mol. The van der Waals surface area contributed by atoms with E-state index in [1.165, 1.54) is 23.1 Å². The first-order valence-electron chi connectivity index (χ1n) is 15.7. The highest BCUT2D eigenvalue weighted by molar-refractivity contribution is 9.10. The van der Waals surface area contributed by atoms with E-state index in [2.05, 4.69) is 36.9 Å². The van der Waals surface area contributed by atoms with Crippen molar-refractivity contribution < 1.29 is 19.1 Å². The molecule has 0 spiro atoms. The van der Waals surface area contributed by atoms with Crippen LogP contribution in [0.4, 0.5) is 10.8 Å². The number of amides is 3. The molecule has 0 aliphatic heterocycles. The number of thioether (sulfide) groups is 1. The predicted molar refractivity (Wildman–Crippen MR) is 206 cm³/mol. The Bertz CT molecular complexity index is 2160. The summed E-state index contributed by atoms with van der Waals surface area (Å²) in [4.78, 5) is 45.7. The van der Waals surface area contributed by atoms with Crippen LogP contribution >= 0.6 is 39.0 Å². The molecule has 0 aliphatic carbocycles. The van der Waals surface area contributed by atoms with Gasteiger partial charge in [-0.3, -0.25) is 14.4 Å². The van der Waals surface area contributed by atoms with Crippen molar-refractivity contribution in [2.45, 2.75) is 17.1 Å². The maximum atomic E-state index is 13.7.